The minimum atomic E-state index is -0.329. The lowest BCUT2D eigenvalue weighted by molar-refractivity contribution is 0.601. The van der Waals surface area contributed by atoms with Crippen LogP contribution in [0, 0.1) is 12.7 Å². The third-order valence-electron chi connectivity index (χ3n) is 3.89. The van der Waals surface area contributed by atoms with Crippen molar-refractivity contribution in [3.8, 4) is 0 Å². The van der Waals surface area contributed by atoms with E-state index in [1.807, 2.05) is 6.92 Å². The van der Waals surface area contributed by atoms with Gasteiger partial charge in [0.15, 0.2) is 11.4 Å². The molecule has 25 heavy (non-hydrogen) atoms. The summed E-state index contributed by atoms with van der Waals surface area (Å²) in [4.78, 5) is 18.8. The number of nitrogens with zero attached hydrogens (tertiary/aromatic N) is 4. The monoisotopic (exact) mass is 340 g/mol. The van der Waals surface area contributed by atoms with Gasteiger partial charge in [-0.25, -0.2) is 9.82 Å². The van der Waals surface area contributed by atoms with Gasteiger partial charge in [-0.15, -0.1) is 0 Å². The number of hydrogen-bond donors (Lipinski definition) is 2. The van der Waals surface area contributed by atoms with Crippen LogP contribution in [0.1, 0.15) is 11.3 Å². The molecule has 0 unspecified atom stereocenters. The maximum atomic E-state index is 13.3. The molecular formula is C16H13FN6O2. The van der Waals surface area contributed by atoms with Crippen molar-refractivity contribution in [3.63, 3.8) is 0 Å². The number of nitrogens with one attached hydrogen (secondary N) is 2. The van der Waals surface area contributed by atoms with Gasteiger partial charge in [0.1, 0.15) is 16.8 Å². The number of H-pyrrole nitrogens is 1. The van der Waals surface area contributed by atoms with Gasteiger partial charge in [0.05, 0.1) is 12.4 Å². The Labute approximate surface area is 140 Å². The molecular weight excluding hydrogens is 327 g/mol. The average molecular weight is 340 g/mol. The van der Waals surface area contributed by atoms with Gasteiger partial charge in [0, 0.05) is 18.0 Å². The van der Waals surface area contributed by atoms with Gasteiger partial charge in [-0.3, -0.25) is 14.5 Å². The van der Waals surface area contributed by atoms with Crippen LogP contribution in [0.5, 0.6) is 0 Å². The van der Waals surface area contributed by atoms with Gasteiger partial charge in [0.25, 0.3) is 5.56 Å². The zero-order chi connectivity index (χ0) is 17.6. The summed E-state index contributed by atoms with van der Waals surface area (Å²) >= 11 is 0. The zero-order valence-corrected chi connectivity index (χ0v) is 13.4. The Balaban J connectivity index is 1.64. The van der Waals surface area contributed by atoms with Crippen molar-refractivity contribution in [2.45, 2.75) is 6.92 Å². The minimum Gasteiger partial charge on any atom is -0.455 e. The van der Waals surface area contributed by atoms with Gasteiger partial charge in [-0.2, -0.15) is 15.2 Å². The van der Waals surface area contributed by atoms with Crippen LogP contribution in [-0.2, 0) is 7.05 Å². The highest BCUT2D eigenvalue weighted by atomic mass is 19.1. The lowest BCUT2D eigenvalue weighted by Gasteiger charge is -1.99. The molecule has 0 atom stereocenters. The Morgan fingerprint density at radius 3 is 3.08 bits per heavy atom. The number of hydrogen-bond acceptors (Lipinski definition) is 6. The van der Waals surface area contributed by atoms with Crippen LogP contribution < -0.4 is 11.0 Å². The van der Waals surface area contributed by atoms with Gasteiger partial charge < -0.3 is 4.42 Å². The summed E-state index contributed by atoms with van der Waals surface area (Å²) in [5.41, 5.74) is 4.12. The summed E-state index contributed by atoms with van der Waals surface area (Å²) in [7, 11) is 1.69. The molecule has 4 aromatic rings. The maximum absolute atomic E-state index is 13.3. The fourth-order valence-corrected chi connectivity index (χ4v) is 2.57. The quantitative estimate of drug-likeness (QED) is 0.440. The molecule has 0 aliphatic heterocycles. The summed E-state index contributed by atoms with van der Waals surface area (Å²) in [5, 5.41) is 9.10. The SMILES string of the molecule is Cc1c(/C=N/Nc2nc3c(cnn3C)c(=O)[nH]2)oc2ccc(F)cc12. The normalized spacial score (nSPS) is 11.8. The molecule has 1 aromatic carbocycles. The highest BCUT2D eigenvalue weighted by Gasteiger charge is 2.10. The van der Waals surface area contributed by atoms with Crippen molar-refractivity contribution in [3.05, 3.63) is 51.9 Å². The number of halogens is 1. The molecule has 0 fully saturated rings. The van der Waals surface area contributed by atoms with Crippen LogP contribution >= 0.6 is 0 Å². The summed E-state index contributed by atoms with van der Waals surface area (Å²) in [6.45, 7) is 1.81. The highest BCUT2D eigenvalue weighted by molar-refractivity contribution is 5.91. The number of anilines is 1. The van der Waals surface area contributed by atoms with E-state index in [2.05, 4.69) is 25.6 Å². The molecule has 8 nitrogen and oxygen atoms in total. The molecule has 2 N–H and O–H groups in total. The topological polar surface area (TPSA) is 101 Å². The second kappa shape index (κ2) is 5.55. The Kier molecular flexibility index (Phi) is 3.34. The first-order valence-electron chi connectivity index (χ1n) is 7.42. The van der Waals surface area contributed by atoms with E-state index in [1.165, 1.54) is 29.2 Å². The molecule has 0 radical (unpaired) electrons. The molecule has 9 heteroatoms. The number of rotatable bonds is 3. The van der Waals surface area contributed by atoms with Crippen molar-refractivity contribution in [2.75, 3.05) is 5.43 Å². The average Bonchev–Trinajstić information content (AvgIpc) is 3.10. The Bertz CT molecular complexity index is 1190. The number of aromatic nitrogens is 4. The third kappa shape index (κ3) is 2.55. The van der Waals surface area contributed by atoms with Gasteiger partial charge in [-0.1, -0.05) is 0 Å². The number of aryl methyl sites for hydroxylation is 2. The molecule has 3 aromatic heterocycles. The van der Waals surface area contributed by atoms with E-state index in [9.17, 15) is 9.18 Å². The first-order valence-corrected chi connectivity index (χ1v) is 7.42. The summed E-state index contributed by atoms with van der Waals surface area (Å²) in [5.74, 6) is 0.332. The Morgan fingerprint density at radius 2 is 2.24 bits per heavy atom. The molecule has 0 saturated heterocycles. The standard InChI is InChI=1S/C16H13FN6O2/c1-8-10-5-9(17)3-4-12(10)25-13(8)7-18-22-16-20-14-11(15(24)21-16)6-19-23(14)2/h3-7H,1-2H3,(H2,20,21,22,24)/b18-7+. The van der Waals surface area contributed by atoms with Gasteiger partial charge in [-0.05, 0) is 25.1 Å². The third-order valence-corrected chi connectivity index (χ3v) is 3.89. The molecule has 0 amide bonds. The fraction of sp³-hybridized carbons (Fsp3) is 0.125. The molecule has 3 heterocycles. The molecule has 126 valence electrons. The number of aromatic amines is 1. The lowest BCUT2D eigenvalue weighted by Crippen LogP contribution is -2.11. The van der Waals surface area contributed by atoms with Gasteiger partial charge in [0.2, 0.25) is 5.95 Å². The lowest BCUT2D eigenvalue weighted by atomic mass is 10.1. The Morgan fingerprint density at radius 1 is 1.40 bits per heavy atom. The summed E-state index contributed by atoms with van der Waals surface area (Å²) < 4.78 is 20.5. The van der Waals surface area contributed by atoms with E-state index in [0.717, 1.165) is 5.56 Å². The van der Waals surface area contributed by atoms with Gasteiger partial charge >= 0.3 is 0 Å². The van der Waals surface area contributed by atoms with Crippen LogP contribution in [0.4, 0.5) is 10.3 Å². The van der Waals surface area contributed by atoms with E-state index in [-0.39, 0.29) is 17.3 Å². The highest BCUT2D eigenvalue weighted by Crippen LogP contribution is 2.24. The van der Waals surface area contributed by atoms with Crippen molar-refractivity contribution < 1.29 is 8.81 Å². The van der Waals surface area contributed by atoms with E-state index in [1.54, 1.807) is 13.1 Å². The molecule has 0 aliphatic carbocycles. The Hall–Kier alpha value is -3.49. The second-order valence-corrected chi connectivity index (χ2v) is 5.52. The second-order valence-electron chi connectivity index (χ2n) is 5.52. The molecule has 0 aliphatic rings. The predicted octanol–water partition coefficient (Wildman–Crippen LogP) is 2.30. The summed E-state index contributed by atoms with van der Waals surface area (Å²) in [6, 6.07) is 4.31. The number of furan rings is 1. The van der Waals surface area contributed by atoms with Crippen molar-refractivity contribution in [1.29, 1.82) is 0 Å². The van der Waals surface area contributed by atoms with E-state index in [0.29, 0.717) is 27.8 Å². The first kappa shape index (κ1) is 15.1. The van der Waals surface area contributed by atoms with Crippen LogP contribution in [0.15, 0.2) is 38.7 Å². The van der Waals surface area contributed by atoms with Crippen LogP contribution in [0.3, 0.4) is 0 Å². The summed E-state index contributed by atoms with van der Waals surface area (Å²) in [6.07, 6.45) is 2.89. The number of hydrazone groups is 1. The van der Waals surface area contributed by atoms with E-state index >= 15 is 0 Å². The smallest absolute Gasteiger partial charge is 0.263 e. The first-order chi connectivity index (χ1) is 12.0. The van der Waals surface area contributed by atoms with Crippen LogP contribution in [0.2, 0.25) is 0 Å². The van der Waals surface area contributed by atoms with Crippen molar-refractivity contribution in [1.82, 2.24) is 19.7 Å². The number of benzene rings is 1. The molecule has 0 spiro atoms. The van der Waals surface area contributed by atoms with Crippen molar-refractivity contribution in [2.24, 2.45) is 12.1 Å². The maximum Gasteiger partial charge on any atom is 0.263 e. The molecule has 0 bridgehead atoms. The predicted molar refractivity (Wildman–Crippen MR) is 91.3 cm³/mol. The minimum absolute atomic E-state index is 0.178. The number of fused-ring (bicyclic) bond motifs is 2. The zero-order valence-electron chi connectivity index (χ0n) is 13.4. The van der Waals surface area contributed by atoms with Crippen LogP contribution in [0.25, 0.3) is 22.0 Å². The van der Waals surface area contributed by atoms with Crippen molar-refractivity contribution >= 4 is 34.2 Å². The fourth-order valence-electron chi connectivity index (χ4n) is 2.57. The largest absolute Gasteiger partial charge is 0.455 e. The van der Waals surface area contributed by atoms with E-state index < -0.39 is 0 Å². The molecule has 4 rings (SSSR count). The van der Waals surface area contributed by atoms with E-state index in [4.69, 9.17) is 4.42 Å². The van der Waals surface area contributed by atoms with Crippen LogP contribution in [-0.4, -0.2) is 26.0 Å². The molecule has 0 saturated carbocycles.